The number of hydrogen-bond acceptors (Lipinski definition) is 2. The van der Waals surface area contributed by atoms with Crippen molar-refractivity contribution in [2.75, 3.05) is 6.61 Å². The number of nitrogens with two attached hydrogens (primary N) is 1. The summed E-state index contributed by atoms with van der Waals surface area (Å²) in [5.74, 6) is 1.04. The molecule has 0 unspecified atom stereocenters. The summed E-state index contributed by atoms with van der Waals surface area (Å²) in [4.78, 5) is 0. The Hall–Kier alpha value is -1.02. The van der Waals surface area contributed by atoms with Crippen LogP contribution in [0, 0.1) is 0 Å². The van der Waals surface area contributed by atoms with Gasteiger partial charge in [0, 0.05) is 12.5 Å². The van der Waals surface area contributed by atoms with Crippen molar-refractivity contribution in [3.05, 3.63) is 29.3 Å². The third-order valence-electron chi connectivity index (χ3n) is 3.01. The van der Waals surface area contributed by atoms with Gasteiger partial charge in [0.1, 0.15) is 5.75 Å². The second-order valence-corrected chi connectivity index (χ2v) is 4.21. The van der Waals surface area contributed by atoms with E-state index in [1.807, 2.05) is 0 Å². The Bertz CT molecular complexity index is 335. The minimum absolute atomic E-state index is 0.191. The van der Waals surface area contributed by atoms with Crippen LogP contribution in [0.25, 0.3) is 0 Å². The van der Waals surface area contributed by atoms with Crippen LogP contribution < -0.4 is 10.5 Å². The van der Waals surface area contributed by atoms with Crippen molar-refractivity contribution < 1.29 is 4.74 Å². The number of rotatable bonds is 4. The zero-order valence-electron chi connectivity index (χ0n) is 9.33. The SMILES string of the molecule is CCCC[C@H](N)c1ccc2c(c1)CCO2. The van der Waals surface area contributed by atoms with Crippen molar-refractivity contribution in [1.82, 2.24) is 0 Å². The van der Waals surface area contributed by atoms with Gasteiger partial charge in [-0.1, -0.05) is 31.9 Å². The van der Waals surface area contributed by atoms with Gasteiger partial charge in [-0.2, -0.15) is 0 Å². The van der Waals surface area contributed by atoms with Crippen molar-refractivity contribution in [1.29, 1.82) is 0 Å². The topological polar surface area (TPSA) is 35.2 Å². The zero-order chi connectivity index (χ0) is 10.7. The summed E-state index contributed by atoms with van der Waals surface area (Å²) in [6.45, 7) is 3.02. The minimum atomic E-state index is 0.191. The van der Waals surface area contributed by atoms with E-state index >= 15 is 0 Å². The van der Waals surface area contributed by atoms with E-state index in [9.17, 15) is 0 Å². The molecule has 1 aliphatic rings. The monoisotopic (exact) mass is 205 g/mol. The molecule has 0 aliphatic carbocycles. The van der Waals surface area contributed by atoms with Crippen LogP contribution in [0.1, 0.15) is 43.4 Å². The molecule has 1 aliphatic heterocycles. The predicted molar refractivity (Wildman–Crippen MR) is 62.1 cm³/mol. The average Bonchev–Trinajstić information content (AvgIpc) is 2.72. The van der Waals surface area contributed by atoms with E-state index in [2.05, 4.69) is 25.1 Å². The van der Waals surface area contributed by atoms with Crippen molar-refractivity contribution in [3.8, 4) is 5.75 Å². The van der Waals surface area contributed by atoms with Crippen LogP contribution in [-0.4, -0.2) is 6.61 Å². The third kappa shape index (κ3) is 2.32. The molecule has 0 radical (unpaired) electrons. The van der Waals surface area contributed by atoms with Gasteiger partial charge in [-0.05, 0) is 23.6 Å². The summed E-state index contributed by atoms with van der Waals surface area (Å²) in [5.41, 5.74) is 8.71. The summed E-state index contributed by atoms with van der Waals surface area (Å²) in [6, 6.07) is 6.56. The molecule has 2 nitrogen and oxygen atoms in total. The first-order chi connectivity index (χ1) is 7.31. The molecule has 82 valence electrons. The van der Waals surface area contributed by atoms with Crippen LogP contribution in [0.2, 0.25) is 0 Å². The highest BCUT2D eigenvalue weighted by Crippen LogP contribution is 2.28. The van der Waals surface area contributed by atoms with E-state index < -0.39 is 0 Å². The van der Waals surface area contributed by atoms with Crippen LogP contribution in [0.4, 0.5) is 0 Å². The predicted octanol–water partition coefficient (Wildman–Crippen LogP) is 2.81. The number of ether oxygens (including phenoxy) is 1. The maximum atomic E-state index is 6.13. The van der Waals surface area contributed by atoms with Crippen molar-refractivity contribution in [3.63, 3.8) is 0 Å². The van der Waals surface area contributed by atoms with Gasteiger partial charge in [-0.15, -0.1) is 0 Å². The smallest absolute Gasteiger partial charge is 0.122 e. The Morgan fingerprint density at radius 3 is 3.13 bits per heavy atom. The normalized spacial score (nSPS) is 15.9. The number of unbranched alkanes of at least 4 members (excludes halogenated alkanes) is 1. The molecule has 0 aromatic heterocycles. The maximum Gasteiger partial charge on any atom is 0.122 e. The molecular formula is C13H19NO. The lowest BCUT2D eigenvalue weighted by molar-refractivity contribution is 0.357. The second kappa shape index (κ2) is 4.67. The van der Waals surface area contributed by atoms with Gasteiger partial charge in [0.15, 0.2) is 0 Å². The molecule has 0 spiro atoms. The van der Waals surface area contributed by atoms with Gasteiger partial charge in [0.2, 0.25) is 0 Å². The fourth-order valence-electron chi connectivity index (χ4n) is 2.03. The largest absolute Gasteiger partial charge is 0.493 e. The molecule has 0 amide bonds. The van der Waals surface area contributed by atoms with E-state index in [0.29, 0.717) is 0 Å². The summed E-state index contributed by atoms with van der Waals surface area (Å²) in [7, 11) is 0. The molecule has 0 bridgehead atoms. The van der Waals surface area contributed by atoms with Crippen LogP contribution in [0.15, 0.2) is 18.2 Å². The Kier molecular flexibility index (Phi) is 3.27. The molecule has 1 atom stereocenters. The van der Waals surface area contributed by atoms with E-state index in [1.165, 1.54) is 24.0 Å². The number of fused-ring (bicyclic) bond motifs is 1. The van der Waals surface area contributed by atoms with Gasteiger partial charge in [-0.3, -0.25) is 0 Å². The van der Waals surface area contributed by atoms with Gasteiger partial charge < -0.3 is 10.5 Å². The Morgan fingerprint density at radius 2 is 2.33 bits per heavy atom. The molecule has 0 saturated carbocycles. The first-order valence-corrected chi connectivity index (χ1v) is 5.82. The minimum Gasteiger partial charge on any atom is -0.493 e. The highest BCUT2D eigenvalue weighted by molar-refractivity contribution is 5.40. The molecule has 2 rings (SSSR count). The van der Waals surface area contributed by atoms with Crippen LogP contribution in [0.5, 0.6) is 5.75 Å². The van der Waals surface area contributed by atoms with E-state index in [-0.39, 0.29) is 6.04 Å². The Balaban J connectivity index is 2.08. The first kappa shape index (κ1) is 10.5. The summed E-state index contributed by atoms with van der Waals surface area (Å²) >= 11 is 0. The highest BCUT2D eigenvalue weighted by atomic mass is 16.5. The molecule has 0 fully saturated rings. The molecule has 1 aromatic carbocycles. The Morgan fingerprint density at radius 1 is 1.47 bits per heavy atom. The van der Waals surface area contributed by atoms with Crippen LogP contribution in [0.3, 0.4) is 0 Å². The van der Waals surface area contributed by atoms with Crippen molar-refractivity contribution >= 4 is 0 Å². The number of benzene rings is 1. The molecule has 1 heterocycles. The lowest BCUT2D eigenvalue weighted by atomic mass is 9.99. The molecule has 1 aromatic rings. The summed E-state index contributed by atoms with van der Waals surface area (Å²) in [5, 5.41) is 0. The summed E-state index contributed by atoms with van der Waals surface area (Å²) < 4.78 is 5.47. The Labute approximate surface area is 91.4 Å². The quantitative estimate of drug-likeness (QED) is 0.820. The van der Waals surface area contributed by atoms with E-state index in [4.69, 9.17) is 10.5 Å². The van der Waals surface area contributed by atoms with Gasteiger partial charge in [-0.25, -0.2) is 0 Å². The van der Waals surface area contributed by atoms with Crippen molar-refractivity contribution in [2.45, 2.75) is 38.6 Å². The number of hydrogen-bond donors (Lipinski definition) is 1. The second-order valence-electron chi connectivity index (χ2n) is 4.21. The molecular weight excluding hydrogens is 186 g/mol. The first-order valence-electron chi connectivity index (χ1n) is 5.82. The maximum absolute atomic E-state index is 6.13. The lowest BCUT2D eigenvalue weighted by Crippen LogP contribution is -2.10. The van der Waals surface area contributed by atoms with Gasteiger partial charge in [0.05, 0.1) is 6.61 Å². The highest BCUT2D eigenvalue weighted by Gasteiger charge is 2.14. The van der Waals surface area contributed by atoms with Gasteiger partial charge in [0.25, 0.3) is 0 Å². The molecule has 15 heavy (non-hydrogen) atoms. The lowest BCUT2D eigenvalue weighted by Gasteiger charge is -2.12. The third-order valence-corrected chi connectivity index (χ3v) is 3.01. The van der Waals surface area contributed by atoms with E-state index in [0.717, 1.165) is 25.2 Å². The van der Waals surface area contributed by atoms with E-state index in [1.54, 1.807) is 0 Å². The van der Waals surface area contributed by atoms with Crippen LogP contribution >= 0.6 is 0 Å². The molecule has 2 N–H and O–H groups in total. The molecule has 2 heteroatoms. The fraction of sp³-hybridized carbons (Fsp3) is 0.538. The zero-order valence-corrected chi connectivity index (χ0v) is 9.33. The fourth-order valence-corrected chi connectivity index (χ4v) is 2.03. The van der Waals surface area contributed by atoms with Crippen LogP contribution in [-0.2, 0) is 6.42 Å². The van der Waals surface area contributed by atoms with Gasteiger partial charge >= 0.3 is 0 Å². The summed E-state index contributed by atoms with van der Waals surface area (Å²) in [6.07, 6.45) is 4.52. The standard InChI is InChI=1S/C13H19NO/c1-2-3-4-12(14)10-5-6-13-11(9-10)7-8-15-13/h5-6,9,12H,2-4,7-8,14H2,1H3/t12-/m0/s1. The molecule has 0 saturated heterocycles. The average molecular weight is 205 g/mol. The van der Waals surface area contributed by atoms with Crippen molar-refractivity contribution in [2.24, 2.45) is 5.73 Å².